The van der Waals surface area contributed by atoms with E-state index in [9.17, 15) is 18.4 Å². The fraction of sp³-hybridized carbons (Fsp3) is 0.217. The van der Waals surface area contributed by atoms with E-state index in [0.717, 1.165) is 5.56 Å². The summed E-state index contributed by atoms with van der Waals surface area (Å²) in [6, 6.07) is 12.4. The highest BCUT2D eigenvalue weighted by Gasteiger charge is 2.21. The van der Waals surface area contributed by atoms with Crippen molar-refractivity contribution in [2.45, 2.75) is 17.0 Å². The van der Waals surface area contributed by atoms with Gasteiger partial charge in [0.2, 0.25) is 5.91 Å². The molecule has 0 radical (unpaired) electrons. The van der Waals surface area contributed by atoms with Gasteiger partial charge in [-0.2, -0.15) is 8.78 Å². The molecule has 1 unspecified atom stereocenters. The van der Waals surface area contributed by atoms with Gasteiger partial charge in [-0.25, -0.2) is 4.98 Å². The zero-order valence-corrected chi connectivity index (χ0v) is 20.5. The van der Waals surface area contributed by atoms with Crippen LogP contribution in [0.2, 0.25) is 0 Å². The number of benzene rings is 1. The molecule has 35 heavy (non-hydrogen) atoms. The molecular weight excluding hydrogens is 500 g/mol. The lowest BCUT2D eigenvalue weighted by Crippen LogP contribution is -2.35. The molecular formula is C23H24ClF2N5O3S. The van der Waals surface area contributed by atoms with Gasteiger partial charge in [0.15, 0.2) is 0 Å². The number of carbonyl (C=O) groups excluding carboxylic acids is 2. The van der Waals surface area contributed by atoms with Gasteiger partial charge in [-0.3, -0.25) is 14.6 Å². The van der Waals surface area contributed by atoms with Crippen LogP contribution in [-0.2, 0) is 4.79 Å². The molecule has 0 aliphatic heterocycles. The number of alkyl halides is 2. The van der Waals surface area contributed by atoms with E-state index in [0.29, 0.717) is 16.3 Å². The molecule has 1 atom stereocenters. The average Bonchev–Trinajstić information content (AvgIpc) is 2.80. The normalized spacial score (nSPS) is 11.5. The van der Waals surface area contributed by atoms with Crippen molar-refractivity contribution in [1.29, 1.82) is 0 Å². The summed E-state index contributed by atoms with van der Waals surface area (Å²) in [7, 11) is 3.59. The van der Waals surface area contributed by atoms with Crippen LogP contribution in [0.1, 0.15) is 21.3 Å². The number of halogens is 3. The summed E-state index contributed by atoms with van der Waals surface area (Å²) in [6.07, 6.45) is 4.80. The van der Waals surface area contributed by atoms with Crippen LogP contribution >= 0.6 is 24.2 Å². The first-order valence-electron chi connectivity index (χ1n) is 10.1. The predicted molar refractivity (Wildman–Crippen MR) is 132 cm³/mol. The molecule has 0 spiro atoms. The van der Waals surface area contributed by atoms with E-state index in [-0.39, 0.29) is 30.6 Å². The predicted octanol–water partition coefficient (Wildman–Crippen LogP) is 4.22. The molecule has 0 saturated carbocycles. The number of hydrogen-bond donors (Lipinski definition) is 2. The molecule has 0 aliphatic rings. The van der Waals surface area contributed by atoms with Crippen LogP contribution in [0.4, 0.5) is 14.5 Å². The van der Waals surface area contributed by atoms with Gasteiger partial charge in [0.1, 0.15) is 16.1 Å². The Labute approximate surface area is 211 Å². The first-order valence-corrected chi connectivity index (χ1v) is 11.0. The number of aromatic nitrogens is 2. The Kier molecular flexibility index (Phi) is 10.8. The molecule has 3 aromatic rings. The van der Waals surface area contributed by atoms with Crippen LogP contribution in [0, 0.1) is 0 Å². The number of nitrogens with one attached hydrogen (secondary N) is 2. The first-order chi connectivity index (χ1) is 16.3. The van der Waals surface area contributed by atoms with Gasteiger partial charge in [-0.15, -0.1) is 12.4 Å². The fourth-order valence-corrected chi connectivity index (χ4v) is 4.00. The second-order valence-electron chi connectivity index (χ2n) is 7.30. The van der Waals surface area contributed by atoms with Crippen molar-refractivity contribution in [2.24, 2.45) is 0 Å². The number of anilines is 1. The smallest absolute Gasteiger partial charge is 0.387 e. The summed E-state index contributed by atoms with van der Waals surface area (Å²) >= 11 is 1.22. The molecule has 0 saturated heterocycles. The number of likely N-dealkylation sites (N-methyl/N-ethyl adjacent to an activating group) is 1. The van der Waals surface area contributed by atoms with Crippen molar-refractivity contribution in [1.82, 2.24) is 20.2 Å². The molecule has 2 amide bonds. The zero-order valence-electron chi connectivity index (χ0n) is 18.9. The van der Waals surface area contributed by atoms with Gasteiger partial charge in [0.25, 0.3) is 5.91 Å². The number of hydrogen-bond acceptors (Lipinski definition) is 7. The lowest BCUT2D eigenvalue weighted by atomic mass is 10.2. The standard InChI is InChI=1S/C23H23F2N5O3S.ClH/c1-30(2)14-19(31)29-21(15-9-12-26-13-10-15)34-22-18(4-3-11-27-22)20(32)28-16-5-7-17(8-6-16)33-23(24)25;/h3-13,21,23H,14H2,1-2H3,(H,28,32)(H,29,31);1H. The van der Waals surface area contributed by atoms with Crippen LogP contribution in [0.5, 0.6) is 5.75 Å². The highest BCUT2D eigenvalue weighted by Crippen LogP contribution is 2.34. The lowest BCUT2D eigenvalue weighted by molar-refractivity contribution is -0.121. The van der Waals surface area contributed by atoms with Gasteiger partial charge in [0, 0.05) is 24.3 Å². The molecule has 0 fully saturated rings. The Bertz CT molecular complexity index is 1110. The fourth-order valence-electron chi connectivity index (χ4n) is 2.89. The Balaban J connectivity index is 0.00000432. The Morgan fingerprint density at radius 1 is 1.06 bits per heavy atom. The average molecular weight is 524 g/mol. The minimum absolute atomic E-state index is 0. The third-order valence-corrected chi connectivity index (χ3v) is 5.52. The second-order valence-corrected chi connectivity index (χ2v) is 8.39. The van der Waals surface area contributed by atoms with E-state index in [2.05, 4.69) is 25.3 Å². The summed E-state index contributed by atoms with van der Waals surface area (Å²) in [5.41, 5.74) is 1.48. The number of nitrogens with zero attached hydrogens (tertiary/aromatic N) is 3. The molecule has 12 heteroatoms. The molecule has 2 aromatic heterocycles. The maximum atomic E-state index is 13.0. The highest BCUT2D eigenvalue weighted by molar-refractivity contribution is 7.99. The topological polar surface area (TPSA) is 96.5 Å². The molecule has 186 valence electrons. The summed E-state index contributed by atoms with van der Waals surface area (Å²) < 4.78 is 29.0. The monoisotopic (exact) mass is 523 g/mol. The van der Waals surface area contributed by atoms with Crippen molar-refractivity contribution < 1.29 is 23.1 Å². The highest BCUT2D eigenvalue weighted by atomic mass is 35.5. The van der Waals surface area contributed by atoms with Crippen molar-refractivity contribution >= 4 is 41.7 Å². The SMILES string of the molecule is CN(C)CC(=O)NC(Sc1ncccc1C(=O)Nc1ccc(OC(F)F)cc1)c1ccncc1.Cl. The second kappa shape index (κ2) is 13.6. The molecule has 1 aromatic carbocycles. The number of ether oxygens (including phenoxy) is 1. The van der Waals surface area contributed by atoms with Gasteiger partial charge >= 0.3 is 6.61 Å². The van der Waals surface area contributed by atoms with E-state index in [1.165, 1.54) is 36.0 Å². The summed E-state index contributed by atoms with van der Waals surface area (Å²) in [4.78, 5) is 35.5. The van der Waals surface area contributed by atoms with Gasteiger partial charge in [-0.1, -0.05) is 11.8 Å². The summed E-state index contributed by atoms with van der Waals surface area (Å²) in [5, 5.41) is 5.57. The van der Waals surface area contributed by atoms with E-state index in [1.54, 1.807) is 61.9 Å². The van der Waals surface area contributed by atoms with Crippen molar-refractivity contribution in [3.63, 3.8) is 0 Å². The number of amides is 2. The van der Waals surface area contributed by atoms with Gasteiger partial charge in [-0.05, 0) is 68.2 Å². The number of carbonyl (C=O) groups is 2. The molecule has 8 nitrogen and oxygen atoms in total. The molecule has 2 heterocycles. The summed E-state index contributed by atoms with van der Waals surface area (Å²) in [6.45, 7) is -2.73. The van der Waals surface area contributed by atoms with E-state index in [1.807, 2.05) is 0 Å². The third-order valence-electron chi connectivity index (χ3n) is 4.34. The molecule has 0 bridgehead atoms. The molecule has 2 N–H and O–H groups in total. The maximum absolute atomic E-state index is 13.0. The largest absolute Gasteiger partial charge is 0.435 e. The van der Waals surface area contributed by atoms with Crippen LogP contribution in [-0.4, -0.2) is 53.9 Å². The van der Waals surface area contributed by atoms with Crippen LogP contribution in [0.15, 0.2) is 72.1 Å². The van der Waals surface area contributed by atoms with Gasteiger partial charge < -0.3 is 20.3 Å². The van der Waals surface area contributed by atoms with E-state index < -0.39 is 17.9 Å². The number of thioether (sulfide) groups is 1. The lowest BCUT2D eigenvalue weighted by Gasteiger charge is -2.20. The Morgan fingerprint density at radius 3 is 2.37 bits per heavy atom. The zero-order chi connectivity index (χ0) is 24.5. The van der Waals surface area contributed by atoms with E-state index >= 15 is 0 Å². The first kappa shape index (κ1) is 28.0. The van der Waals surface area contributed by atoms with Crippen molar-refractivity contribution in [2.75, 3.05) is 26.0 Å². The third kappa shape index (κ3) is 8.78. The molecule has 0 aliphatic carbocycles. The van der Waals surface area contributed by atoms with Crippen molar-refractivity contribution in [3.8, 4) is 5.75 Å². The van der Waals surface area contributed by atoms with Crippen LogP contribution in [0.25, 0.3) is 0 Å². The quantitative estimate of drug-likeness (QED) is 0.303. The van der Waals surface area contributed by atoms with Crippen LogP contribution < -0.4 is 15.4 Å². The van der Waals surface area contributed by atoms with Crippen molar-refractivity contribution in [3.05, 3.63) is 78.2 Å². The minimum Gasteiger partial charge on any atom is -0.435 e. The summed E-state index contributed by atoms with van der Waals surface area (Å²) in [5.74, 6) is -0.641. The van der Waals surface area contributed by atoms with Gasteiger partial charge in [0.05, 0.1) is 12.1 Å². The van der Waals surface area contributed by atoms with E-state index in [4.69, 9.17) is 0 Å². The molecule has 3 rings (SSSR count). The maximum Gasteiger partial charge on any atom is 0.387 e. The number of pyridine rings is 2. The minimum atomic E-state index is -2.93. The van der Waals surface area contributed by atoms with Crippen LogP contribution in [0.3, 0.4) is 0 Å². The Morgan fingerprint density at radius 2 is 1.74 bits per heavy atom. The Hall–Kier alpha value is -3.28. The number of rotatable bonds is 10.